The number of thiocarbonyl (C=S) groups is 1. The molecule has 0 saturated carbocycles. The zero-order valence-corrected chi connectivity index (χ0v) is 13.7. The largest absolute Gasteiger partial charge is 0.489 e. The molecule has 1 aromatic heterocycles. The van der Waals surface area contributed by atoms with Crippen molar-refractivity contribution >= 4 is 40.3 Å². The Kier molecular flexibility index (Phi) is 5.68. The van der Waals surface area contributed by atoms with Crippen molar-refractivity contribution in [3.05, 3.63) is 58.8 Å². The molecule has 0 bridgehead atoms. The van der Waals surface area contributed by atoms with Gasteiger partial charge in [0.25, 0.3) is 5.91 Å². The number of carbonyl (C=O) groups excluding carboxylic acids is 1. The van der Waals surface area contributed by atoms with Crippen molar-refractivity contribution in [2.24, 2.45) is 0 Å². The second kappa shape index (κ2) is 7.72. The number of ether oxygens (including phenoxy) is 1. The Bertz CT molecular complexity index is 681. The maximum atomic E-state index is 11.9. The van der Waals surface area contributed by atoms with Gasteiger partial charge >= 0.3 is 0 Å². The molecule has 114 valence electrons. The number of hydrogen-bond donors (Lipinski definition) is 2. The fourth-order valence-corrected chi connectivity index (χ4v) is 2.43. The Labute approximate surface area is 138 Å². The van der Waals surface area contributed by atoms with Gasteiger partial charge in [0.2, 0.25) is 0 Å². The van der Waals surface area contributed by atoms with Gasteiger partial charge in [0, 0.05) is 11.8 Å². The summed E-state index contributed by atoms with van der Waals surface area (Å²) in [6.07, 6.45) is 0. The Balaban J connectivity index is 1.92. The minimum atomic E-state index is -0.220. The van der Waals surface area contributed by atoms with Crippen LogP contribution in [0.3, 0.4) is 0 Å². The molecule has 0 aliphatic heterocycles. The van der Waals surface area contributed by atoms with Gasteiger partial charge in [-0.3, -0.25) is 10.1 Å². The summed E-state index contributed by atoms with van der Waals surface area (Å²) in [7, 11) is 0. The summed E-state index contributed by atoms with van der Waals surface area (Å²) in [5, 5.41) is 7.69. The molecule has 0 atom stereocenters. The first-order valence-electron chi connectivity index (χ1n) is 6.57. The van der Waals surface area contributed by atoms with Gasteiger partial charge < -0.3 is 10.1 Å². The lowest BCUT2D eigenvalue weighted by Crippen LogP contribution is -2.33. The van der Waals surface area contributed by atoms with Gasteiger partial charge in [0.05, 0.1) is 4.88 Å². The molecule has 2 rings (SSSR count). The van der Waals surface area contributed by atoms with Crippen LogP contribution in [0.15, 0.2) is 53.9 Å². The lowest BCUT2D eigenvalue weighted by Gasteiger charge is -2.11. The van der Waals surface area contributed by atoms with E-state index >= 15 is 0 Å². The molecule has 1 amide bonds. The number of anilines is 1. The van der Waals surface area contributed by atoms with Gasteiger partial charge in [-0.2, -0.15) is 0 Å². The van der Waals surface area contributed by atoms with Crippen molar-refractivity contribution in [2.75, 3.05) is 11.9 Å². The van der Waals surface area contributed by atoms with E-state index in [1.165, 1.54) is 11.3 Å². The molecular formula is C16H16N2O2S2. The van der Waals surface area contributed by atoms with Crippen LogP contribution in [0.5, 0.6) is 5.75 Å². The van der Waals surface area contributed by atoms with Gasteiger partial charge in [-0.05, 0) is 48.3 Å². The highest BCUT2D eigenvalue weighted by Gasteiger charge is 2.08. The SMILES string of the molecule is C=C(C)COc1cccc(NC(=S)NC(=O)c2cccs2)c1. The minimum absolute atomic E-state index is 0.220. The third-order valence-corrected chi connectivity index (χ3v) is 3.62. The second-order valence-electron chi connectivity index (χ2n) is 4.66. The van der Waals surface area contributed by atoms with Gasteiger partial charge in [0.15, 0.2) is 5.11 Å². The summed E-state index contributed by atoms with van der Waals surface area (Å²) in [4.78, 5) is 12.5. The van der Waals surface area contributed by atoms with E-state index in [1.807, 2.05) is 42.6 Å². The van der Waals surface area contributed by atoms with Crippen molar-refractivity contribution in [2.45, 2.75) is 6.92 Å². The third-order valence-electron chi connectivity index (χ3n) is 2.55. The maximum absolute atomic E-state index is 11.9. The normalized spacial score (nSPS) is 9.86. The smallest absolute Gasteiger partial charge is 0.267 e. The van der Waals surface area contributed by atoms with Crippen LogP contribution in [0.2, 0.25) is 0 Å². The topological polar surface area (TPSA) is 50.4 Å². The Morgan fingerprint density at radius 3 is 2.86 bits per heavy atom. The van der Waals surface area contributed by atoms with Crippen LogP contribution in [-0.4, -0.2) is 17.6 Å². The van der Waals surface area contributed by atoms with Crippen molar-refractivity contribution in [3.8, 4) is 5.75 Å². The highest BCUT2D eigenvalue weighted by molar-refractivity contribution is 7.80. The van der Waals surface area contributed by atoms with Crippen molar-refractivity contribution < 1.29 is 9.53 Å². The molecule has 0 unspecified atom stereocenters. The average Bonchev–Trinajstić information content (AvgIpc) is 2.99. The summed E-state index contributed by atoms with van der Waals surface area (Å²) >= 11 is 6.51. The maximum Gasteiger partial charge on any atom is 0.267 e. The molecule has 1 aromatic carbocycles. The molecule has 0 fully saturated rings. The zero-order valence-electron chi connectivity index (χ0n) is 12.1. The van der Waals surface area contributed by atoms with Crippen LogP contribution in [0.1, 0.15) is 16.6 Å². The van der Waals surface area contributed by atoms with Crippen LogP contribution in [0.4, 0.5) is 5.69 Å². The molecule has 6 heteroatoms. The summed E-state index contributed by atoms with van der Waals surface area (Å²) in [5.41, 5.74) is 1.69. The summed E-state index contributed by atoms with van der Waals surface area (Å²) < 4.78 is 5.56. The number of thiophene rings is 1. The van der Waals surface area contributed by atoms with Crippen LogP contribution < -0.4 is 15.4 Å². The van der Waals surface area contributed by atoms with E-state index in [1.54, 1.807) is 6.07 Å². The molecule has 0 spiro atoms. The summed E-state index contributed by atoms with van der Waals surface area (Å²) in [5.74, 6) is 0.488. The van der Waals surface area contributed by atoms with Gasteiger partial charge in [-0.25, -0.2) is 0 Å². The Morgan fingerprint density at radius 1 is 1.36 bits per heavy atom. The van der Waals surface area contributed by atoms with Crippen LogP contribution in [0, 0.1) is 0 Å². The van der Waals surface area contributed by atoms with E-state index in [0.29, 0.717) is 17.2 Å². The lowest BCUT2D eigenvalue weighted by atomic mass is 10.3. The van der Waals surface area contributed by atoms with Gasteiger partial charge in [-0.1, -0.05) is 18.7 Å². The van der Waals surface area contributed by atoms with E-state index in [9.17, 15) is 4.79 Å². The highest BCUT2D eigenvalue weighted by Crippen LogP contribution is 2.18. The average molecular weight is 332 g/mol. The monoisotopic (exact) mass is 332 g/mol. The van der Waals surface area contributed by atoms with E-state index < -0.39 is 0 Å². The molecule has 2 N–H and O–H groups in total. The fraction of sp³-hybridized carbons (Fsp3) is 0.125. The molecule has 0 saturated heterocycles. The molecule has 22 heavy (non-hydrogen) atoms. The number of nitrogens with one attached hydrogen (secondary N) is 2. The van der Waals surface area contributed by atoms with Crippen LogP contribution >= 0.6 is 23.6 Å². The third kappa shape index (κ3) is 4.98. The molecule has 0 radical (unpaired) electrons. The number of hydrogen-bond acceptors (Lipinski definition) is 4. The quantitative estimate of drug-likeness (QED) is 0.645. The first-order chi connectivity index (χ1) is 10.5. The molecule has 4 nitrogen and oxygen atoms in total. The first-order valence-corrected chi connectivity index (χ1v) is 7.86. The lowest BCUT2D eigenvalue weighted by molar-refractivity contribution is 0.0981. The van der Waals surface area contributed by atoms with Crippen LogP contribution in [0.25, 0.3) is 0 Å². The number of carbonyl (C=O) groups is 1. The molecule has 0 aliphatic carbocycles. The number of benzene rings is 1. The number of amides is 1. The predicted octanol–water partition coefficient (Wildman–Crippen LogP) is 3.83. The minimum Gasteiger partial charge on any atom is -0.489 e. The summed E-state index contributed by atoms with van der Waals surface area (Å²) in [6, 6.07) is 10.9. The van der Waals surface area contributed by atoms with Crippen LogP contribution in [-0.2, 0) is 0 Å². The zero-order chi connectivity index (χ0) is 15.9. The number of rotatable bonds is 5. The van der Waals surface area contributed by atoms with E-state index in [2.05, 4.69) is 17.2 Å². The second-order valence-corrected chi connectivity index (χ2v) is 6.02. The molecule has 0 aliphatic rings. The molecule has 1 heterocycles. The Morgan fingerprint density at radius 2 is 2.18 bits per heavy atom. The van der Waals surface area contributed by atoms with Crippen molar-refractivity contribution in [1.29, 1.82) is 0 Å². The molecular weight excluding hydrogens is 316 g/mol. The van der Waals surface area contributed by atoms with Crippen molar-refractivity contribution in [1.82, 2.24) is 5.32 Å². The summed E-state index contributed by atoms with van der Waals surface area (Å²) in [6.45, 7) is 6.15. The van der Waals surface area contributed by atoms with Crippen molar-refractivity contribution in [3.63, 3.8) is 0 Å². The molecule has 2 aromatic rings. The van der Waals surface area contributed by atoms with E-state index in [0.717, 1.165) is 11.3 Å². The van der Waals surface area contributed by atoms with E-state index in [-0.39, 0.29) is 11.0 Å². The Hall–Kier alpha value is -2.18. The predicted molar refractivity (Wildman–Crippen MR) is 94.8 cm³/mol. The van der Waals surface area contributed by atoms with E-state index in [4.69, 9.17) is 17.0 Å². The van der Waals surface area contributed by atoms with Gasteiger partial charge in [0.1, 0.15) is 12.4 Å². The van der Waals surface area contributed by atoms with Gasteiger partial charge in [-0.15, -0.1) is 11.3 Å². The highest BCUT2D eigenvalue weighted by atomic mass is 32.1. The fourth-order valence-electron chi connectivity index (χ4n) is 1.60. The first kappa shape index (κ1) is 16.2. The standard InChI is InChI=1S/C16H16N2O2S2/c1-11(2)10-20-13-6-3-5-12(9-13)17-16(21)18-15(19)14-7-4-8-22-14/h3-9H,1,10H2,2H3,(H2,17,18,19,21).